The van der Waals surface area contributed by atoms with Gasteiger partial charge in [-0.15, -0.1) is 0 Å². The van der Waals surface area contributed by atoms with Crippen molar-refractivity contribution in [3.8, 4) is 0 Å². The van der Waals surface area contributed by atoms with Gasteiger partial charge in [0.15, 0.2) is 5.12 Å². The number of thioether (sulfide) groups is 1. The summed E-state index contributed by atoms with van der Waals surface area (Å²) in [4.78, 5) is 18.3. The van der Waals surface area contributed by atoms with Gasteiger partial charge in [-0.1, -0.05) is 24.8 Å². The first-order chi connectivity index (χ1) is 7.13. The summed E-state index contributed by atoms with van der Waals surface area (Å²) in [6, 6.07) is 0. The van der Waals surface area contributed by atoms with Gasteiger partial charge in [0.1, 0.15) is 5.82 Å². The molecule has 0 aliphatic rings. The minimum absolute atomic E-state index is 0.146. The van der Waals surface area contributed by atoms with E-state index in [4.69, 9.17) is 0 Å². The highest BCUT2D eigenvalue weighted by atomic mass is 32.2. The highest BCUT2D eigenvalue weighted by Gasteiger charge is 2.01. The molecule has 3 nitrogen and oxygen atoms in total. The van der Waals surface area contributed by atoms with Crippen LogP contribution in [0.2, 0.25) is 0 Å². The molecule has 0 aliphatic heterocycles. The fourth-order valence-electron chi connectivity index (χ4n) is 1.19. The smallest absolute Gasteiger partial charge is 0.186 e. The van der Waals surface area contributed by atoms with Gasteiger partial charge in [0, 0.05) is 24.8 Å². The quantitative estimate of drug-likeness (QED) is 0.855. The second-order valence-electron chi connectivity index (χ2n) is 3.25. The lowest BCUT2D eigenvalue weighted by molar-refractivity contribution is -0.109. The van der Waals surface area contributed by atoms with E-state index >= 15 is 0 Å². The van der Waals surface area contributed by atoms with Crippen molar-refractivity contribution in [2.45, 2.75) is 27.2 Å². The number of aromatic nitrogens is 2. The van der Waals surface area contributed by atoms with Gasteiger partial charge in [0.25, 0.3) is 0 Å². The van der Waals surface area contributed by atoms with Gasteiger partial charge in [0.05, 0.1) is 5.69 Å². The Morgan fingerprint density at radius 1 is 1.60 bits per heavy atom. The lowest BCUT2D eigenvalue weighted by Crippen LogP contribution is -1.83. The topological polar surface area (TPSA) is 45.8 Å². The number of nitrogens with zero attached hydrogens (tertiary/aromatic N) is 1. The van der Waals surface area contributed by atoms with Crippen molar-refractivity contribution in [3.05, 3.63) is 23.3 Å². The summed E-state index contributed by atoms with van der Waals surface area (Å²) >= 11 is 1.31. The zero-order valence-corrected chi connectivity index (χ0v) is 10.1. The van der Waals surface area contributed by atoms with Crippen LogP contribution in [-0.4, -0.2) is 20.8 Å². The Balaban J connectivity index is 2.55. The summed E-state index contributed by atoms with van der Waals surface area (Å²) in [5.74, 6) is 1.72. The molecule has 0 radical (unpaired) electrons. The molecule has 0 aromatic carbocycles. The largest absolute Gasteiger partial charge is 0.346 e. The number of rotatable bonds is 4. The van der Waals surface area contributed by atoms with Crippen LogP contribution in [0, 0.1) is 6.92 Å². The van der Waals surface area contributed by atoms with Crippen LogP contribution in [0.5, 0.6) is 0 Å². The van der Waals surface area contributed by atoms with Crippen LogP contribution >= 0.6 is 11.8 Å². The molecule has 0 amide bonds. The van der Waals surface area contributed by atoms with Crippen LogP contribution in [0.4, 0.5) is 0 Å². The van der Waals surface area contributed by atoms with Crippen LogP contribution in [0.15, 0.2) is 6.08 Å². The summed E-state index contributed by atoms with van der Waals surface area (Å²) in [6.07, 6.45) is 4.84. The van der Waals surface area contributed by atoms with E-state index in [2.05, 4.69) is 16.9 Å². The van der Waals surface area contributed by atoms with E-state index in [1.807, 2.05) is 19.1 Å². The Morgan fingerprint density at radius 2 is 2.33 bits per heavy atom. The van der Waals surface area contributed by atoms with Crippen molar-refractivity contribution in [2.24, 2.45) is 0 Å². The Morgan fingerprint density at radius 3 is 2.87 bits per heavy atom. The molecule has 82 valence electrons. The van der Waals surface area contributed by atoms with E-state index in [9.17, 15) is 4.79 Å². The molecule has 1 N–H and O–H groups in total. The van der Waals surface area contributed by atoms with Crippen LogP contribution in [0.3, 0.4) is 0 Å². The van der Waals surface area contributed by atoms with Crippen molar-refractivity contribution >= 4 is 23.0 Å². The first-order valence-corrected chi connectivity index (χ1v) is 5.97. The molecule has 1 rings (SSSR count). The minimum atomic E-state index is 0.146. The van der Waals surface area contributed by atoms with Crippen LogP contribution in [0.1, 0.15) is 31.1 Å². The van der Waals surface area contributed by atoms with Gasteiger partial charge in [-0.3, -0.25) is 4.79 Å². The number of H-pyrrole nitrogens is 1. The highest BCUT2D eigenvalue weighted by Crippen LogP contribution is 2.09. The fourth-order valence-corrected chi connectivity index (χ4v) is 1.62. The van der Waals surface area contributed by atoms with E-state index in [1.54, 1.807) is 6.92 Å². The van der Waals surface area contributed by atoms with Crippen LogP contribution in [-0.2, 0) is 11.2 Å². The first-order valence-electron chi connectivity index (χ1n) is 4.99. The van der Waals surface area contributed by atoms with Gasteiger partial charge in [0.2, 0.25) is 0 Å². The Bertz CT molecular complexity index is 369. The molecule has 0 unspecified atom stereocenters. The van der Waals surface area contributed by atoms with Gasteiger partial charge in [-0.25, -0.2) is 4.98 Å². The fraction of sp³-hybridized carbons (Fsp3) is 0.455. The molecular formula is C11H16N2OS. The molecule has 0 saturated carbocycles. The number of aromatic amines is 1. The summed E-state index contributed by atoms with van der Waals surface area (Å²) in [7, 11) is 0. The van der Waals surface area contributed by atoms with E-state index in [-0.39, 0.29) is 5.12 Å². The predicted octanol–water partition coefficient (Wildman–Crippen LogP) is 2.57. The Labute approximate surface area is 94.4 Å². The monoisotopic (exact) mass is 224 g/mol. The second-order valence-corrected chi connectivity index (χ2v) is 4.45. The van der Waals surface area contributed by atoms with Gasteiger partial charge >= 0.3 is 0 Å². The summed E-state index contributed by atoms with van der Waals surface area (Å²) in [6.45, 7) is 5.65. The summed E-state index contributed by atoms with van der Waals surface area (Å²) in [5, 5.41) is 0.146. The third-order valence-electron chi connectivity index (χ3n) is 1.96. The standard InChI is InChI=1S/C11H16N2OS/c1-4-11-12-8(2)10(13-11)6-5-7-15-9(3)14/h5-6H,4,7H2,1-3H3,(H,12,13). The molecule has 0 saturated heterocycles. The minimum Gasteiger partial charge on any atom is -0.346 e. The molecule has 0 spiro atoms. The number of carbonyl (C=O) groups is 1. The number of imidazole rings is 1. The molecule has 0 atom stereocenters. The van der Waals surface area contributed by atoms with E-state index in [0.29, 0.717) is 5.75 Å². The number of nitrogens with one attached hydrogen (secondary N) is 1. The normalized spacial score (nSPS) is 11.1. The number of hydrogen-bond acceptors (Lipinski definition) is 3. The van der Waals surface area contributed by atoms with Crippen molar-refractivity contribution in [2.75, 3.05) is 5.75 Å². The summed E-state index contributed by atoms with van der Waals surface area (Å²) < 4.78 is 0. The summed E-state index contributed by atoms with van der Waals surface area (Å²) in [5.41, 5.74) is 2.05. The average Bonchev–Trinajstić information content (AvgIpc) is 2.54. The molecule has 0 fully saturated rings. The molecule has 1 heterocycles. The van der Waals surface area contributed by atoms with Crippen molar-refractivity contribution < 1.29 is 4.79 Å². The maximum Gasteiger partial charge on any atom is 0.186 e. The zero-order valence-electron chi connectivity index (χ0n) is 9.33. The van der Waals surface area contributed by atoms with E-state index in [1.165, 1.54) is 11.8 Å². The molecule has 15 heavy (non-hydrogen) atoms. The molecule has 1 aromatic rings. The highest BCUT2D eigenvalue weighted by molar-refractivity contribution is 8.13. The number of hydrogen-bond donors (Lipinski definition) is 1. The van der Waals surface area contributed by atoms with Crippen molar-refractivity contribution in [1.29, 1.82) is 0 Å². The first kappa shape index (κ1) is 12.0. The van der Waals surface area contributed by atoms with Crippen molar-refractivity contribution in [3.63, 3.8) is 0 Å². The third kappa shape index (κ3) is 3.91. The maximum absolute atomic E-state index is 10.7. The van der Waals surface area contributed by atoms with Crippen LogP contribution < -0.4 is 0 Å². The molecule has 0 aliphatic carbocycles. The Kier molecular flexibility index (Phi) is 4.62. The third-order valence-corrected chi connectivity index (χ3v) is 2.73. The van der Waals surface area contributed by atoms with Crippen LogP contribution in [0.25, 0.3) is 6.08 Å². The van der Waals surface area contributed by atoms with Gasteiger partial charge < -0.3 is 4.98 Å². The Hall–Kier alpha value is -1.03. The molecule has 4 heteroatoms. The predicted molar refractivity (Wildman–Crippen MR) is 64.9 cm³/mol. The molecule has 0 bridgehead atoms. The average molecular weight is 224 g/mol. The zero-order chi connectivity index (χ0) is 11.3. The van der Waals surface area contributed by atoms with Crippen molar-refractivity contribution in [1.82, 2.24) is 9.97 Å². The second kappa shape index (κ2) is 5.75. The van der Waals surface area contributed by atoms with Gasteiger partial charge in [-0.2, -0.15) is 0 Å². The SMILES string of the molecule is CCc1nc(C=CCSC(C)=O)c(C)[nH]1. The lowest BCUT2D eigenvalue weighted by Gasteiger charge is -1.89. The number of carbonyl (C=O) groups excluding carboxylic acids is 1. The molecular weight excluding hydrogens is 208 g/mol. The number of aryl methyl sites for hydroxylation is 2. The molecule has 1 aromatic heterocycles. The van der Waals surface area contributed by atoms with Gasteiger partial charge in [-0.05, 0) is 13.0 Å². The maximum atomic E-state index is 10.7. The van der Waals surface area contributed by atoms with E-state index in [0.717, 1.165) is 23.6 Å². The lowest BCUT2D eigenvalue weighted by atomic mass is 10.3. The van der Waals surface area contributed by atoms with E-state index < -0.39 is 0 Å².